The highest BCUT2D eigenvalue weighted by molar-refractivity contribution is 7.93. The summed E-state index contributed by atoms with van der Waals surface area (Å²) in [4.78, 5) is 12.9. The number of ether oxygens (including phenoxy) is 4. The molecule has 2 saturated heterocycles. The van der Waals surface area contributed by atoms with Gasteiger partial charge in [0.25, 0.3) is 5.91 Å². The number of rotatable bonds is 9. The molecule has 234 valence electrons. The summed E-state index contributed by atoms with van der Waals surface area (Å²) in [5.41, 5.74) is 4.38. The van der Waals surface area contributed by atoms with Crippen LogP contribution in [0.2, 0.25) is 0 Å². The van der Waals surface area contributed by atoms with Crippen molar-refractivity contribution in [2.24, 2.45) is 4.36 Å². The van der Waals surface area contributed by atoms with Crippen molar-refractivity contribution in [3.8, 4) is 22.5 Å². The van der Waals surface area contributed by atoms with Crippen molar-refractivity contribution < 1.29 is 23.2 Å². The number of pyridine rings is 2. The highest BCUT2D eigenvalue weighted by Crippen LogP contribution is 2.37. The van der Waals surface area contributed by atoms with Crippen molar-refractivity contribution in [2.45, 2.75) is 50.1 Å². The Morgan fingerprint density at radius 1 is 1.09 bits per heavy atom. The van der Waals surface area contributed by atoms with E-state index in [2.05, 4.69) is 20.4 Å². The maximum Gasteiger partial charge on any atom is 0.274 e. The van der Waals surface area contributed by atoms with Crippen LogP contribution >= 0.6 is 0 Å². The zero-order chi connectivity index (χ0) is 30.7. The van der Waals surface area contributed by atoms with Gasteiger partial charge in [-0.05, 0) is 67.6 Å². The summed E-state index contributed by atoms with van der Waals surface area (Å²) in [6.45, 7) is 7.41. The van der Waals surface area contributed by atoms with Crippen LogP contribution in [-0.2, 0) is 28.7 Å². The quantitative estimate of drug-likeness (QED) is 0.224. The van der Waals surface area contributed by atoms with Crippen molar-refractivity contribution in [1.82, 2.24) is 19.7 Å². The number of nitrogens with zero attached hydrogens (tertiary/aromatic N) is 6. The van der Waals surface area contributed by atoms with Gasteiger partial charge in [0.1, 0.15) is 17.0 Å². The Morgan fingerprint density at radius 3 is 2.59 bits per heavy atom. The molecule has 6 rings (SSSR count). The number of benzene rings is 1. The molecule has 44 heavy (non-hydrogen) atoms. The number of methoxy groups -OCH3 is 1. The summed E-state index contributed by atoms with van der Waals surface area (Å²) in [6.07, 6.45) is 8.16. The Hall–Kier alpha value is -3.42. The van der Waals surface area contributed by atoms with Crippen LogP contribution in [0.4, 0.5) is 5.82 Å². The second-order valence-corrected chi connectivity index (χ2v) is 13.4. The van der Waals surface area contributed by atoms with E-state index in [4.69, 9.17) is 28.9 Å². The lowest BCUT2D eigenvalue weighted by Gasteiger charge is -2.29. The molecule has 0 N–H and O–H groups in total. The van der Waals surface area contributed by atoms with Gasteiger partial charge in [-0.25, -0.2) is 13.9 Å². The van der Waals surface area contributed by atoms with Crippen LogP contribution in [0, 0.1) is 0 Å². The first kappa shape index (κ1) is 30.6. The summed E-state index contributed by atoms with van der Waals surface area (Å²) in [5, 5.41) is 5.59. The minimum Gasteiger partial charge on any atom is -0.378 e. The van der Waals surface area contributed by atoms with E-state index >= 15 is 0 Å². The lowest BCUT2D eigenvalue weighted by molar-refractivity contribution is -0.199. The first-order valence-electron chi connectivity index (χ1n) is 15.1. The van der Waals surface area contributed by atoms with Crippen LogP contribution in [0.3, 0.4) is 0 Å². The predicted molar refractivity (Wildman–Crippen MR) is 170 cm³/mol. The fourth-order valence-corrected chi connectivity index (χ4v) is 7.32. The molecule has 0 bridgehead atoms. The van der Waals surface area contributed by atoms with Crippen molar-refractivity contribution >= 4 is 26.4 Å². The summed E-state index contributed by atoms with van der Waals surface area (Å²) in [5.74, 6) is -0.442. The third kappa shape index (κ3) is 6.22. The van der Waals surface area contributed by atoms with Gasteiger partial charge in [0.15, 0.2) is 6.23 Å². The van der Waals surface area contributed by atoms with E-state index < -0.39 is 15.6 Å². The SMILES string of the molecule is CCOC(C)(N=S(C)(=O)c1ccc(-c2cc(N3CCOCC3)nc3c(-c4ccnn4C4CCCCO4)nccc23)cc1)OC. The lowest BCUT2D eigenvalue weighted by atomic mass is 10.00. The Morgan fingerprint density at radius 2 is 1.89 bits per heavy atom. The highest BCUT2D eigenvalue weighted by Gasteiger charge is 2.27. The fourth-order valence-electron chi connectivity index (χ4n) is 5.81. The molecule has 0 spiro atoms. The Bertz CT molecular complexity index is 1720. The molecule has 0 aliphatic carbocycles. The molecule has 3 aromatic heterocycles. The van der Waals surface area contributed by atoms with E-state index in [1.54, 1.807) is 19.4 Å². The van der Waals surface area contributed by atoms with E-state index in [-0.39, 0.29) is 6.23 Å². The average Bonchev–Trinajstić information content (AvgIpc) is 3.55. The van der Waals surface area contributed by atoms with Gasteiger partial charge >= 0.3 is 0 Å². The number of anilines is 1. The van der Waals surface area contributed by atoms with Crippen LogP contribution in [0.15, 0.2) is 64.1 Å². The van der Waals surface area contributed by atoms with Gasteiger partial charge in [-0.1, -0.05) is 12.1 Å². The van der Waals surface area contributed by atoms with E-state index in [1.165, 1.54) is 7.11 Å². The largest absolute Gasteiger partial charge is 0.378 e. The smallest absolute Gasteiger partial charge is 0.274 e. The molecule has 11 nitrogen and oxygen atoms in total. The zero-order valence-corrected chi connectivity index (χ0v) is 26.6. The normalized spacial score (nSPS) is 20.3. The zero-order valence-electron chi connectivity index (χ0n) is 25.8. The minimum atomic E-state index is -2.81. The van der Waals surface area contributed by atoms with Crippen LogP contribution in [0.25, 0.3) is 33.4 Å². The van der Waals surface area contributed by atoms with E-state index in [0.717, 1.165) is 78.2 Å². The van der Waals surface area contributed by atoms with Crippen LogP contribution < -0.4 is 4.90 Å². The maximum atomic E-state index is 13.7. The van der Waals surface area contributed by atoms with Gasteiger partial charge in [-0.2, -0.15) is 9.46 Å². The van der Waals surface area contributed by atoms with Crippen molar-refractivity contribution in [2.75, 3.05) is 57.8 Å². The summed E-state index contributed by atoms with van der Waals surface area (Å²) >= 11 is 0. The van der Waals surface area contributed by atoms with Gasteiger partial charge in [-0.3, -0.25) is 4.98 Å². The molecule has 0 saturated carbocycles. The van der Waals surface area contributed by atoms with Crippen LogP contribution in [0.1, 0.15) is 39.3 Å². The average molecular weight is 621 g/mol. The number of aromatic nitrogens is 4. The Kier molecular flexibility index (Phi) is 8.97. The number of hydrogen-bond acceptors (Lipinski definition) is 10. The second kappa shape index (κ2) is 12.9. The third-order valence-electron chi connectivity index (χ3n) is 8.12. The summed E-state index contributed by atoms with van der Waals surface area (Å²) < 4.78 is 42.9. The van der Waals surface area contributed by atoms with Crippen LogP contribution in [-0.4, -0.2) is 82.8 Å². The monoisotopic (exact) mass is 620 g/mol. The number of hydrogen-bond donors (Lipinski definition) is 0. The molecule has 2 aliphatic heterocycles. The maximum absolute atomic E-state index is 13.7. The molecule has 0 radical (unpaired) electrons. The number of fused-ring (bicyclic) bond motifs is 1. The van der Waals surface area contributed by atoms with Gasteiger partial charge in [0.2, 0.25) is 0 Å². The first-order valence-corrected chi connectivity index (χ1v) is 17.0. The molecule has 12 heteroatoms. The first-order chi connectivity index (χ1) is 21.3. The van der Waals surface area contributed by atoms with Gasteiger partial charge < -0.3 is 23.8 Å². The van der Waals surface area contributed by atoms with Crippen LogP contribution in [0.5, 0.6) is 0 Å². The molecule has 0 amide bonds. The predicted octanol–water partition coefficient (Wildman–Crippen LogP) is 5.51. The Balaban J connectivity index is 1.47. The summed E-state index contributed by atoms with van der Waals surface area (Å²) in [6, 6.07) is 13.8. The van der Waals surface area contributed by atoms with E-state index in [0.29, 0.717) is 24.7 Å². The third-order valence-corrected chi connectivity index (χ3v) is 9.95. The minimum absolute atomic E-state index is 0.128. The molecule has 3 atom stereocenters. The van der Waals surface area contributed by atoms with Crippen molar-refractivity contribution in [3.05, 3.63) is 54.9 Å². The second-order valence-electron chi connectivity index (χ2n) is 11.1. The standard InChI is InChI=1S/C32H40N6O5S/c1-5-43-32(2,40-3)36-44(4,39)24-11-9-23(10-12-24)26-22-28(37-17-20-41-21-18-37)35-30-25(26)13-15-33-31(30)27-14-16-34-38(27)29-8-6-7-19-42-29/h9-16,22,29H,5-8,17-21H2,1-4H3. The van der Waals surface area contributed by atoms with E-state index in [9.17, 15) is 4.21 Å². The molecule has 1 aromatic carbocycles. The van der Waals surface area contributed by atoms with Gasteiger partial charge in [0, 0.05) is 69.3 Å². The number of morpholine rings is 1. The molecule has 2 aliphatic rings. The highest BCUT2D eigenvalue weighted by atomic mass is 32.2. The molecule has 2 fully saturated rings. The van der Waals surface area contributed by atoms with E-state index in [1.807, 2.05) is 54.2 Å². The lowest BCUT2D eigenvalue weighted by Crippen LogP contribution is -2.36. The molecular weight excluding hydrogens is 580 g/mol. The molecular formula is C32H40N6O5S. The van der Waals surface area contributed by atoms with Crippen molar-refractivity contribution in [3.63, 3.8) is 0 Å². The topological polar surface area (TPSA) is 113 Å². The summed E-state index contributed by atoms with van der Waals surface area (Å²) in [7, 11) is -1.32. The molecule has 3 unspecified atom stereocenters. The fraction of sp³-hybridized carbons (Fsp3) is 0.469. The molecule has 5 heterocycles. The van der Waals surface area contributed by atoms with Gasteiger partial charge in [0.05, 0.1) is 28.6 Å². The van der Waals surface area contributed by atoms with Crippen molar-refractivity contribution in [1.29, 1.82) is 0 Å². The molecule has 4 aromatic rings. The van der Waals surface area contributed by atoms with Gasteiger partial charge in [-0.15, -0.1) is 0 Å². The Labute approximate surface area is 258 Å².